The van der Waals surface area contributed by atoms with Gasteiger partial charge < -0.3 is 4.74 Å². The van der Waals surface area contributed by atoms with Crippen LogP contribution in [0, 0.1) is 6.61 Å². The average Bonchev–Trinajstić information content (AvgIpc) is 2.17. The first-order valence-electron chi connectivity index (χ1n) is 4.21. The van der Waals surface area contributed by atoms with Gasteiger partial charge in [0.25, 0.3) is 0 Å². The third kappa shape index (κ3) is 1.20. The summed E-state index contributed by atoms with van der Waals surface area (Å²) in [5.41, 5.74) is 2.47. The largest absolute Gasteiger partial charge is 0.467 e. The molecule has 1 unspecified atom stereocenters. The molecule has 1 fully saturated rings. The monoisotopic (exact) mass is 192 g/mol. The van der Waals surface area contributed by atoms with Gasteiger partial charge in [0.1, 0.15) is 6.61 Å². The van der Waals surface area contributed by atoms with Gasteiger partial charge in [-0.1, -0.05) is 30.3 Å². The molecule has 1 aliphatic rings. The molecule has 1 radical (unpaired) electrons. The predicted octanol–water partition coefficient (Wildman–Crippen LogP) is 0.751. The van der Waals surface area contributed by atoms with Crippen LogP contribution in [0.2, 0.25) is 0 Å². The Kier molecular flexibility index (Phi) is 2.23. The number of hydrogen-bond donors (Lipinski definition) is 1. The molecule has 1 atom stereocenters. The van der Waals surface area contributed by atoms with E-state index in [0.717, 1.165) is 5.56 Å². The number of carbonyl (C=O) groups is 1. The van der Waals surface area contributed by atoms with E-state index in [4.69, 9.17) is 9.57 Å². The molecule has 4 nitrogen and oxygen atoms in total. The van der Waals surface area contributed by atoms with Crippen LogP contribution in [0.15, 0.2) is 30.3 Å². The van der Waals surface area contributed by atoms with Gasteiger partial charge in [-0.3, -0.25) is 4.84 Å². The first kappa shape index (κ1) is 9.18. The van der Waals surface area contributed by atoms with Gasteiger partial charge in [0.15, 0.2) is 5.54 Å². The molecule has 0 saturated carbocycles. The van der Waals surface area contributed by atoms with E-state index >= 15 is 0 Å². The number of ether oxygens (including phenoxy) is 1. The van der Waals surface area contributed by atoms with Crippen LogP contribution in [-0.4, -0.2) is 13.1 Å². The molecule has 1 saturated heterocycles. The molecule has 2 rings (SSSR count). The SMILES string of the molecule is COC(=O)C1(c2ccccc2)[CH]ON1. The lowest BCUT2D eigenvalue weighted by Crippen LogP contribution is -2.59. The van der Waals surface area contributed by atoms with E-state index in [0.29, 0.717) is 0 Å². The number of hydroxylamine groups is 1. The van der Waals surface area contributed by atoms with Gasteiger partial charge in [-0.2, -0.15) is 5.48 Å². The number of benzene rings is 1. The van der Waals surface area contributed by atoms with Gasteiger partial charge in [0.05, 0.1) is 7.11 Å². The minimum atomic E-state index is -0.935. The van der Waals surface area contributed by atoms with Crippen LogP contribution in [0.5, 0.6) is 0 Å². The molecular formula is C10H10NO3. The lowest BCUT2D eigenvalue weighted by atomic mass is 9.90. The maximum atomic E-state index is 11.5. The quantitative estimate of drug-likeness (QED) is 0.702. The second kappa shape index (κ2) is 3.40. The molecule has 1 aliphatic heterocycles. The van der Waals surface area contributed by atoms with Crippen molar-refractivity contribution in [3.8, 4) is 0 Å². The third-order valence-corrected chi connectivity index (χ3v) is 2.19. The van der Waals surface area contributed by atoms with Crippen molar-refractivity contribution in [1.82, 2.24) is 5.48 Å². The second-order valence-corrected chi connectivity index (χ2v) is 3.00. The Morgan fingerprint density at radius 2 is 2.07 bits per heavy atom. The van der Waals surface area contributed by atoms with Gasteiger partial charge in [-0.05, 0) is 5.56 Å². The molecule has 14 heavy (non-hydrogen) atoms. The van der Waals surface area contributed by atoms with E-state index in [2.05, 4.69) is 5.48 Å². The Bertz CT molecular complexity index is 332. The molecule has 1 heterocycles. The Hall–Kier alpha value is -1.39. The molecule has 0 aromatic heterocycles. The highest BCUT2D eigenvalue weighted by atomic mass is 16.7. The number of esters is 1. The standard InChI is InChI=1S/C10H10NO3/c1-13-9(12)10(7-14-11-10)8-5-3-2-4-6-8/h2-7,11H,1H3. The molecule has 0 bridgehead atoms. The molecule has 0 spiro atoms. The molecule has 1 aromatic rings. The van der Waals surface area contributed by atoms with Gasteiger partial charge in [-0.15, -0.1) is 0 Å². The Labute approximate surface area is 81.8 Å². The maximum Gasteiger partial charge on any atom is 0.335 e. The molecule has 1 N–H and O–H groups in total. The van der Waals surface area contributed by atoms with Crippen molar-refractivity contribution >= 4 is 5.97 Å². The Morgan fingerprint density at radius 3 is 2.50 bits per heavy atom. The zero-order chi connectivity index (χ0) is 10.0. The highest BCUT2D eigenvalue weighted by molar-refractivity contribution is 5.84. The van der Waals surface area contributed by atoms with Crippen LogP contribution in [0.25, 0.3) is 0 Å². The van der Waals surface area contributed by atoms with Crippen LogP contribution in [0.4, 0.5) is 0 Å². The van der Waals surface area contributed by atoms with E-state index in [-0.39, 0.29) is 5.97 Å². The zero-order valence-corrected chi connectivity index (χ0v) is 7.69. The summed E-state index contributed by atoms with van der Waals surface area (Å²) < 4.78 is 4.70. The first-order valence-corrected chi connectivity index (χ1v) is 4.21. The van der Waals surface area contributed by atoms with E-state index in [1.165, 1.54) is 13.7 Å². The van der Waals surface area contributed by atoms with Gasteiger partial charge in [0.2, 0.25) is 0 Å². The van der Waals surface area contributed by atoms with Crippen LogP contribution in [-0.2, 0) is 19.9 Å². The van der Waals surface area contributed by atoms with E-state index in [9.17, 15) is 4.79 Å². The van der Waals surface area contributed by atoms with Gasteiger partial charge in [-0.25, -0.2) is 4.79 Å². The van der Waals surface area contributed by atoms with Crippen molar-refractivity contribution < 1.29 is 14.4 Å². The first-order chi connectivity index (χ1) is 6.79. The number of rotatable bonds is 2. The van der Waals surface area contributed by atoms with Crippen molar-refractivity contribution in [2.45, 2.75) is 5.54 Å². The topological polar surface area (TPSA) is 47.6 Å². The van der Waals surface area contributed by atoms with Crippen molar-refractivity contribution in [2.75, 3.05) is 7.11 Å². The highest BCUT2D eigenvalue weighted by Gasteiger charge is 2.49. The number of nitrogens with one attached hydrogen (secondary N) is 1. The van der Waals surface area contributed by atoms with Gasteiger partial charge in [0, 0.05) is 0 Å². The maximum absolute atomic E-state index is 11.5. The van der Waals surface area contributed by atoms with E-state index < -0.39 is 5.54 Å². The molecular weight excluding hydrogens is 182 g/mol. The van der Waals surface area contributed by atoms with Crippen LogP contribution in [0.1, 0.15) is 5.56 Å². The summed E-state index contributed by atoms with van der Waals surface area (Å²) in [6.07, 6.45) is 0. The second-order valence-electron chi connectivity index (χ2n) is 3.00. The third-order valence-electron chi connectivity index (χ3n) is 2.19. The molecule has 73 valence electrons. The average molecular weight is 192 g/mol. The normalized spacial score (nSPS) is 25.2. The summed E-state index contributed by atoms with van der Waals surface area (Å²) in [6, 6.07) is 9.27. The fraction of sp³-hybridized carbons (Fsp3) is 0.200. The van der Waals surface area contributed by atoms with Crippen molar-refractivity contribution in [3.05, 3.63) is 42.5 Å². The summed E-state index contributed by atoms with van der Waals surface area (Å²) in [5, 5.41) is 0. The smallest absolute Gasteiger partial charge is 0.335 e. The number of hydrogen-bond acceptors (Lipinski definition) is 4. The van der Waals surface area contributed by atoms with Crippen LogP contribution in [0.3, 0.4) is 0 Å². The number of methoxy groups -OCH3 is 1. The minimum Gasteiger partial charge on any atom is -0.467 e. The van der Waals surface area contributed by atoms with Crippen LogP contribution >= 0.6 is 0 Å². The molecule has 1 aromatic carbocycles. The van der Waals surface area contributed by atoms with Crippen molar-refractivity contribution in [2.24, 2.45) is 0 Å². The lowest BCUT2D eigenvalue weighted by molar-refractivity contribution is -0.176. The van der Waals surface area contributed by atoms with Crippen molar-refractivity contribution in [1.29, 1.82) is 0 Å². The molecule has 0 amide bonds. The minimum absolute atomic E-state index is 0.380. The molecule has 0 aliphatic carbocycles. The number of carbonyl (C=O) groups excluding carboxylic acids is 1. The molecule has 4 heteroatoms. The zero-order valence-electron chi connectivity index (χ0n) is 7.69. The fourth-order valence-electron chi connectivity index (χ4n) is 1.37. The summed E-state index contributed by atoms with van der Waals surface area (Å²) >= 11 is 0. The predicted molar refractivity (Wildman–Crippen MR) is 48.7 cm³/mol. The lowest BCUT2D eigenvalue weighted by Gasteiger charge is -2.38. The van der Waals surface area contributed by atoms with Crippen molar-refractivity contribution in [3.63, 3.8) is 0 Å². The summed E-state index contributed by atoms with van der Waals surface area (Å²) in [5.74, 6) is -0.380. The summed E-state index contributed by atoms with van der Waals surface area (Å²) in [6.45, 7) is 1.42. The Balaban J connectivity index is 2.34. The fourth-order valence-corrected chi connectivity index (χ4v) is 1.37. The highest BCUT2D eigenvalue weighted by Crippen LogP contribution is 2.32. The van der Waals surface area contributed by atoms with E-state index in [1.807, 2.05) is 30.3 Å². The van der Waals surface area contributed by atoms with Crippen LogP contribution < -0.4 is 5.48 Å². The van der Waals surface area contributed by atoms with Gasteiger partial charge >= 0.3 is 5.97 Å². The summed E-state index contributed by atoms with van der Waals surface area (Å²) in [4.78, 5) is 16.3. The summed E-state index contributed by atoms with van der Waals surface area (Å²) in [7, 11) is 1.35. The Morgan fingerprint density at radius 1 is 1.43 bits per heavy atom. The van der Waals surface area contributed by atoms with E-state index in [1.54, 1.807) is 0 Å².